The molecule has 7 nitrogen and oxygen atoms in total. The number of carbonyl (C=O) groups excluding carboxylic acids is 2. The zero-order valence-corrected chi connectivity index (χ0v) is 9.63. The number of methoxy groups -OCH3 is 3. The first kappa shape index (κ1) is 12.6. The van der Waals surface area contributed by atoms with E-state index in [2.05, 4.69) is 9.47 Å². The van der Waals surface area contributed by atoms with E-state index in [1.807, 2.05) is 0 Å². The van der Waals surface area contributed by atoms with Crippen LogP contribution in [0.5, 0.6) is 0 Å². The fourth-order valence-corrected chi connectivity index (χ4v) is 1.54. The molecule has 0 aromatic rings. The van der Waals surface area contributed by atoms with Gasteiger partial charge in [-0.25, -0.2) is 19.6 Å². The summed E-state index contributed by atoms with van der Waals surface area (Å²) in [7, 11) is 4.09. The lowest BCUT2D eigenvalue weighted by Crippen LogP contribution is -2.57. The molecule has 2 amide bonds. The Labute approximate surface area is 93.8 Å². The molecule has 0 spiro atoms. The fraction of sp³-hybridized carbons (Fsp3) is 0.778. The predicted octanol–water partition coefficient (Wildman–Crippen LogP) is 0.457. The van der Waals surface area contributed by atoms with Gasteiger partial charge in [-0.1, -0.05) is 0 Å². The van der Waals surface area contributed by atoms with Crippen LogP contribution >= 0.6 is 0 Å². The zero-order chi connectivity index (χ0) is 12.1. The fourth-order valence-electron chi connectivity index (χ4n) is 1.54. The molecule has 1 fully saturated rings. The van der Waals surface area contributed by atoms with Crippen molar-refractivity contribution in [1.29, 1.82) is 0 Å². The molecule has 1 aliphatic heterocycles. The van der Waals surface area contributed by atoms with E-state index in [0.29, 0.717) is 13.0 Å². The molecule has 1 rings (SSSR count). The third kappa shape index (κ3) is 2.54. The van der Waals surface area contributed by atoms with Crippen LogP contribution < -0.4 is 0 Å². The van der Waals surface area contributed by atoms with Gasteiger partial charge in [-0.15, -0.1) is 0 Å². The van der Waals surface area contributed by atoms with Crippen LogP contribution in [0.1, 0.15) is 6.42 Å². The van der Waals surface area contributed by atoms with E-state index in [1.54, 1.807) is 7.11 Å². The van der Waals surface area contributed by atoms with Gasteiger partial charge in [0.15, 0.2) is 0 Å². The second-order valence-corrected chi connectivity index (χ2v) is 3.29. The van der Waals surface area contributed by atoms with E-state index in [4.69, 9.17) is 4.74 Å². The molecule has 1 atom stereocenters. The highest BCUT2D eigenvalue weighted by Gasteiger charge is 2.34. The van der Waals surface area contributed by atoms with E-state index >= 15 is 0 Å². The van der Waals surface area contributed by atoms with Gasteiger partial charge in [0.2, 0.25) is 0 Å². The monoisotopic (exact) mass is 232 g/mol. The van der Waals surface area contributed by atoms with E-state index in [1.165, 1.54) is 24.2 Å². The Morgan fingerprint density at radius 1 is 1.06 bits per heavy atom. The van der Waals surface area contributed by atoms with Gasteiger partial charge in [-0.05, 0) is 6.42 Å². The molecule has 0 bridgehead atoms. The van der Waals surface area contributed by atoms with Crippen LogP contribution in [0.3, 0.4) is 0 Å². The first-order chi connectivity index (χ1) is 7.63. The molecule has 0 aromatic heterocycles. The van der Waals surface area contributed by atoms with Crippen LogP contribution in [0.2, 0.25) is 0 Å². The van der Waals surface area contributed by atoms with Gasteiger partial charge in [-0.3, -0.25) is 0 Å². The molecule has 1 heterocycles. The lowest BCUT2D eigenvalue weighted by Gasteiger charge is -2.39. The van der Waals surface area contributed by atoms with Gasteiger partial charge in [0, 0.05) is 13.7 Å². The van der Waals surface area contributed by atoms with Crippen molar-refractivity contribution in [2.24, 2.45) is 0 Å². The van der Waals surface area contributed by atoms with E-state index in [0.717, 1.165) is 0 Å². The average Bonchev–Trinajstić information content (AvgIpc) is 2.36. The van der Waals surface area contributed by atoms with Crippen LogP contribution in [0, 0.1) is 0 Å². The summed E-state index contributed by atoms with van der Waals surface area (Å²) in [5.74, 6) is 0. The Bertz CT molecular complexity index is 271. The van der Waals surface area contributed by atoms with Gasteiger partial charge in [0.1, 0.15) is 0 Å². The normalized spacial score (nSPS) is 20.6. The summed E-state index contributed by atoms with van der Waals surface area (Å²) < 4.78 is 14.3. The number of hydrogen-bond donors (Lipinski definition) is 0. The van der Waals surface area contributed by atoms with Gasteiger partial charge in [0.25, 0.3) is 0 Å². The lowest BCUT2D eigenvalue weighted by atomic mass is 10.2. The molecule has 0 radical (unpaired) electrons. The van der Waals surface area contributed by atoms with Gasteiger partial charge in [0.05, 0.1) is 26.9 Å². The molecule has 7 heteroatoms. The second kappa shape index (κ2) is 5.55. The molecule has 1 saturated heterocycles. The maximum Gasteiger partial charge on any atom is 0.428 e. The molecule has 16 heavy (non-hydrogen) atoms. The molecule has 1 unspecified atom stereocenters. The second-order valence-electron chi connectivity index (χ2n) is 3.29. The van der Waals surface area contributed by atoms with Crippen molar-refractivity contribution in [2.45, 2.75) is 12.5 Å². The summed E-state index contributed by atoms with van der Waals surface area (Å²) in [5.41, 5.74) is 0. The molecule has 0 N–H and O–H groups in total. The van der Waals surface area contributed by atoms with Crippen LogP contribution in [-0.4, -0.2) is 62.7 Å². The molecular weight excluding hydrogens is 216 g/mol. The highest BCUT2D eigenvalue weighted by molar-refractivity contribution is 5.74. The number of rotatable bonds is 1. The highest BCUT2D eigenvalue weighted by atomic mass is 16.6. The summed E-state index contributed by atoms with van der Waals surface area (Å²) in [4.78, 5) is 22.9. The number of hydrazine groups is 1. The molecular formula is C9H16N2O5. The first-order valence-corrected chi connectivity index (χ1v) is 4.87. The molecule has 1 aliphatic rings. The number of nitrogens with zero attached hydrogens (tertiary/aromatic N) is 2. The summed E-state index contributed by atoms with van der Waals surface area (Å²) in [6, 6.07) is 0. The molecule has 0 saturated carbocycles. The zero-order valence-electron chi connectivity index (χ0n) is 9.63. The van der Waals surface area contributed by atoms with Crippen molar-refractivity contribution in [1.82, 2.24) is 10.0 Å². The highest BCUT2D eigenvalue weighted by Crippen LogP contribution is 2.15. The minimum absolute atomic E-state index is 0.0972. The Kier molecular flexibility index (Phi) is 4.36. The van der Waals surface area contributed by atoms with Crippen LogP contribution in [-0.2, 0) is 14.2 Å². The SMILES string of the molecule is COC(=O)N1CCC(OC)CN1C(=O)OC. The third-order valence-electron chi connectivity index (χ3n) is 2.43. The Morgan fingerprint density at radius 3 is 2.12 bits per heavy atom. The van der Waals surface area contributed by atoms with Crippen molar-refractivity contribution in [3.8, 4) is 0 Å². The molecule has 0 aliphatic carbocycles. The van der Waals surface area contributed by atoms with Crippen molar-refractivity contribution >= 4 is 12.2 Å². The minimum atomic E-state index is -0.604. The number of amides is 2. The van der Waals surface area contributed by atoms with Crippen molar-refractivity contribution in [3.63, 3.8) is 0 Å². The smallest absolute Gasteiger partial charge is 0.428 e. The van der Waals surface area contributed by atoms with Crippen LogP contribution in [0.4, 0.5) is 9.59 Å². The summed E-state index contributed by atoms with van der Waals surface area (Å²) >= 11 is 0. The van der Waals surface area contributed by atoms with E-state index in [9.17, 15) is 9.59 Å². The molecule has 0 aromatic carbocycles. The van der Waals surface area contributed by atoms with Crippen molar-refractivity contribution in [3.05, 3.63) is 0 Å². The third-order valence-corrected chi connectivity index (χ3v) is 2.43. The number of hydrogen-bond acceptors (Lipinski definition) is 5. The quantitative estimate of drug-likeness (QED) is 0.656. The summed E-state index contributed by atoms with van der Waals surface area (Å²) in [6.45, 7) is 0.637. The topological polar surface area (TPSA) is 68.3 Å². The predicted molar refractivity (Wildman–Crippen MR) is 53.6 cm³/mol. The van der Waals surface area contributed by atoms with Crippen LogP contribution in [0.15, 0.2) is 0 Å². The number of carbonyl (C=O) groups is 2. The standard InChI is InChI=1S/C9H16N2O5/c1-14-7-4-5-10(8(12)15-2)11(6-7)9(13)16-3/h7H,4-6H2,1-3H3. The van der Waals surface area contributed by atoms with Crippen LogP contribution in [0.25, 0.3) is 0 Å². The summed E-state index contributed by atoms with van der Waals surface area (Å²) in [5, 5.41) is 2.39. The Morgan fingerprint density at radius 2 is 1.62 bits per heavy atom. The summed E-state index contributed by atoms with van der Waals surface area (Å²) in [6.07, 6.45) is -0.633. The Hall–Kier alpha value is -1.50. The maximum absolute atomic E-state index is 11.5. The van der Waals surface area contributed by atoms with Gasteiger partial charge < -0.3 is 14.2 Å². The van der Waals surface area contributed by atoms with E-state index < -0.39 is 12.2 Å². The molecule has 92 valence electrons. The Balaban J connectivity index is 2.75. The average molecular weight is 232 g/mol. The largest absolute Gasteiger partial charge is 0.452 e. The minimum Gasteiger partial charge on any atom is -0.452 e. The van der Waals surface area contributed by atoms with E-state index in [-0.39, 0.29) is 12.6 Å². The van der Waals surface area contributed by atoms with Gasteiger partial charge in [-0.2, -0.15) is 0 Å². The first-order valence-electron chi connectivity index (χ1n) is 4.87. The lowest BCUT2D eigenvalue weighted by molar-refractivity contribution is -0.0748. The maximum atomic E-state index is 11.5. The van der Waals surface area contributed by atoms with Crippen molar-refractivity contribution in [2.75, 3.05) is 34.4 Å². The van der Waals surface area contributed by atoms with Crippen molar-refractivity contribution < 1.29 is 23.8 Å². The number of ether oxygens (including phenoxy) is 3. The van der Waals surface area contributed by atoms with Gasteiger partial charge >= 0.3 is 12.2 Å².